The Morgan fingerprint density at radius 1 is 1.56 bits per heavy atom. The predicted octanol–water partition coefficient (Wildman–Crippen LogP) is 2.71. The maximum atomic E-state index is 11.8. The SMILES string of the molecule is N#Cc1ccc(C(=O)NCc2cc(Br)cs2)nc1. The van der Waals surface area contributed by atoms with Crippen LogP contribution in [0.25, 0.3) is 0 Å². The fourth-order valence-corrected chi connectivity index (χ4v) is 2.69. The topological polar surface area (TPSA) is 65.8 Å². The first-order valence-electron chi connectivity index (χ1n) is 5.06. The minimum absolute atomic E-state index is 0.246. The van der Waals surface area contributed by atoms with Crippen LogP contribution in [0.3, 0.4) is 0 Å². The lowest BCUT2D eigenvalue weighted by Gasteiger charge is -2.02. The van der Waals surface area contributed by atoms with E-state index in [1.807, 2.05) is 17.5 Å². The van der Waals surface area contributed by atoms with Crippen LogP contribution in [-0.4, -0.2) is 10.9 Å². The Morgan fingerprint density at radius 3 is 2.94 bits per heavy atom. The van der Waals surface area contributed by atoms with E-state index in [-0.39, 0.29) is 5.91 Å². The highest BCUT2D eigenvalue weighted by molar-refractivity contribution is 9.10. The summed E-state index contributed by atoms with van der Waals surface area (Å²) >= 11 is 4.92. The number of aromatic nitrogens is 1. The number of amides is 1. The summed E-state index contributed by atoms with van der Waals surface area (Å²) in [6.07, 6.45) is 1.39. The van der Waals surface area contributed by atoms with Crippen LogP contribution < -0.4 is 5.32 Å². The highest BCUT2D eigenvalue weighted by Gasteiger charge is 2.07. The molecule has 0 spiro atoms. The van der Waals surface area contributed by atoms with E-state index in [0.717, 1.165) is 9.35 Å². The van der Waals surface area contributed by atoms with Crippen molar-refractivity contribution in [2.24, 2.45) is 0 Å². The fourth-order valence-electron chi connectivity index (χ4n) is 1.30. The van der Waals surface area contributed by atoms with E-state index in [4.69, 9.17) is 5.26 Å². The third-order valence-electron chi connectivity index (χ3n) is 2.17. The zero-order chi connectivity index (χ0) is 13.0. The van der Waals surface area contributed by atoms with Gasteiger partial charge in [-0.25, -0.2) is 4.98 Å². The number of hydrogen-bond acceptors (Lipinski definition) is 4. The lowest BCUT2D eigenvalue weighted by molar-refractivity contribution is 0.0946. The Kier molecular flexibility index (Phi) is 4.07. The monoisotopic (exact) mass is 321 g/mol. The Bertz CT molecular complexity index is 601. The number of thiophene rings is 1. The molecule has 0 aromatic carbocycles. The molecule has 0 bridgehead atoms. The maximum Gasteiger partial charge on any atom is 0.270 e. The second-order valence-corrected chi connectivity index (χ2v) is 5.37. The zero-order valence-electron chi connectivity index (χ0n) is 9.18. The van der Waals surface area contributed by atoms with Crippen molar-refractivity contribution in [2.45, 2.75) is 6.54 Å². The first kappa shape index (κ1) is 12.7. The molecule has 2 aromatic rings. The molecular formula is C12H8BrN3OS. The molecule has 0 fully saturated rings. The van der Waals surface area contributed by atoms with E-state index < -0.39 is 0 Å². The van der Waals surface area contributed by atoms with Crippen LogP contribution in [0, 0.1) is 11.3 Å². The van der Waals surface area contributed by atoms with E-state index >= 15 is 0 Å². The molecule has 0 radical (unpaired) electrons. The number of pyridine rings is 1. The maximum absolute atomic E-state index is 11.8. The van der Waals surface area contributed by atoms with Crippen molar-refractivity contribution < 1.29 is 4.79 Å². The average molecular weight is 322 g/mol. The quantitative estimate of drug-likeness (QED) is 0.945. The fraction of sp³-hybridized carbons (Fsp3) is 0.0833. The van der Waals surface area contributed by atoms with Crippen LogP contribution in [0.5, 0.6) is 0 Å². The van der Waals surface area contributed by atoms with E-state index in [9.17, 15) is 4.79 Å². The Morgan fingerprint density at radius 2 is 2.39 bits per heavy atom. The molecular weight excluding hydrogens is 314 g/mol. The predicted molar refractivity (Wildman–Crippen MR) is 72.1 cm³/mol. The van der Waals surface area contributed by atoms with Gasteiger partial charge in [-0.2, -0.15) is 5.26 Å². The summed E-state index contributed by atoms with van der Waals surface area (Å²) in [7, 11) is 0. The highest BCUT2D eigenvalue weighted by atomic mass is 79.9. The molecule has 2 heterocycles. The van der Waals surface area contributed by atoms with E-state index in [1.54, 1.807) is 17.4 Å². The van der Waals surface area contributed by atoms with Gasteiger partial charge in [0.15, 0.2) is 0 Å². The summed E-state index contributed by atoms with van der Waals surface area (Å²) in [5.74, 6) is -0.246. The van der Waals surface area contributed by atoms with E-state index in [1.165, 1.54) is 12.3 Å². The summed E-state index contributed by atoms with van der Waals surface area (Å²) in [6.45, 7) is 0.469. The van der Waals surface area contributed by atoms with Crippen molar-refractivity contribution in [1.29, 1.82) is 5.26 Å². The van der Waals surface area contributed by atoms with Crippen molar-refractivity contribution in [3.05, 3.63) is 50.4 Å². The molecule has 0 aliphatic heterocycles. The van der Waals surface area contributed by atoms with Gasteiger partial charge >= 0.3 is 0 Å². The third kappa shape index (κ3) is 3.15. The molecule has 2 rings (SSSR count). The van der Waals surface area contributed by atoms with Gasteiger partial charge in [0.05, 0.1) is 12.1 Å². The van der Waals surface area contributed by atoms with Gasteiger partial charge in [-0.05, 0) is 34.1 Å². The normalized spacial score (nSPS) is 9.78. The minimum atomic E-state index is -0.246. The van der Waals surface area contributed by atoms with Gasteiger partial charge in [0.1, 0.15) is 11.8 Å². The number of halogens is 1. The first-order chi connectivity index (χ1) is 8.69. The van der Waals surface area contributed by atoms with E-state index in [0.29, 0.717) is 17.8 Å². The van der Waals surface area contributed by atoms with Crippen LogP contribution in [0.4, 0.5) is 0 Å². The van der Waals surface area contributed by atoms with Crippen molar-refractivity contribution >= 4 is 33.2 Å². The van der Waals surface area contributed by atoms with Gasteiger partial charge in [0, 0.05) is 20.9 Å². The second-order valence-electron chi connectivity index (χ2n) is 3.46. The number of carbonyl (C=O) groups excluding carboxylic acids is 1. The average Bonchev–Trinajstić information content (AvgIpc) is 2.82. The summed E-state index contributed by atoms with van der Waals surface area (Å²) in [5, 5.41) is 13.4. The van der Waals surface area contributed by atoms with Crippen molar-refractivity contribution in [3.8, 4) is 6.07 Å². The first-order valence-corrected chi connectivity index (χ1v) is 6.73. The number of carbonyl (C=O) groups is 1. The molecule has 1 amide bonds. The van der Waals surface area contributed by atoms with Crippen molar-refractivity contribution in [3.63, 3.8) is 0 Å². The number of nitrogens with one attached hydrogen (secondary N) is 1. The second kappa shape index (κ2) is 5.76. The third-order valence-corrected chi connectivity index (χ3v) is 3.87. The van der Waals surface area contributed by atoms with Gasteiger partial charge in [0.2, 0.25) is 0 Å². The molecule has 90 valence electrons. The molecule has 0 saturated heterocycles. The molecule has 0 aliphatic carbocycles. The largest absolute Gasteiger partial charge is 0.346 e. The molecule has 0 atom stereocenters. The minimum Gasteiger partial charge on any atom is -0.346 e. The van der Waals surface area contributed by atoms with Crippen LogP contribution in [-0.2, 0) is 6.54 Å². The summed E-state index contributed by atoms with van der Waals surface area (Å²) in [5.41, 5.74) is 0.748. The molecule has 0 aliphatic rings. The lowest BCUT2D eigenvalue weighted by atomic mass is 10.2. The lowest BCUT2D eigenvalue weighted by Crippen LogP contribution is -2.23. The molecule has 2 aromatic heterocycles. The van der Waals surface area contributed by atoms with Gasteiger partial charge in [-0.15, -0.1) is 11.3 Å². The molecule has 1 N–H and O–H groups in total. The number of hydrogen-bond donors (Lipinski definition) is 1. The van der Waals surface area contributed by atoms with Crippen LogP contribution in [0.1, 0.15) is 20.9 Å². The van der Waals surface area contributed by atoms with Crippen LogP contribution in [0.2, 0.25) is 0 Å². The van der Waals surface area contributed by atoms with Gasteiger partial charge in [-0.1, -0.05) is 0 Å². The smallest absolute Gasteiger partial charge is 0.270 e. The number of rotatable bonds is 3. The summed E-state index contributed by atoms with van der Waals surface area (Å²) < 4.78 is 1.01. The van der Waals surface area contributed by atoms with Crippen molar-refractivity contribution in [1.82, 2.24) is 10.3 Å². The number of nitrogens with zero attached hydrogens (tertiary/aromatic N) is 2. The standard InChI is InChI=1S/C12H8BrN3OS/c13-9-3-10(18-7-9)6-16-12(17)11-2-1-8(4-14)5-15-11/h1-3,5,7H,6H2,(H,16,17). The number of nitriles is 1. The Labute approximate surface area is 116 Å². The Balaban J connectivity index is 1.97. The molecule has 6 heteroatoms. The molecule has 18 heavy (non-hydrogen) atoms. The highest BCUT2D eigenvalue weighted by Crippen LogP contribution is 2.19. The van der Waals surface area contributed by atoms with Crippen LogP contribution in [0.15, 0.2) is 34.2 Å². The molecule has 4 nitrogen and oxygen atoms in total. The van der Waals surface area contributed by atoms with Gasteiger partial charge in [-0.3, -0.25) is 4.79 Å². The Hall–Kier alpha value is -1.71. The molecule has 0 unspecified atom stereocenters. The summed E-state index contributed by atoms with van der Waals surface area (Å²) in [6, 6.07) is 7.02. The zero-order valence-corrected chi connectivity index (χ0v) is 11.6. The molecule has 0 saturated carbocycles. The van der Waals surface area contributed by atoms with Crippen molar-refractivity contribution in [2.75, 3.05) is 0 Å². The van der Waals surface area contributed by atoms with E-state index in [2.05, 4.69) is 26.2 Å². The van der Waals surface area contributed by atoms with Gasteiger partial charge < -0.3 is 5.32 Å². The van der Waals surface area contributed by atoms with Crippen LogP contribution >= 0.6 is 27.3 Å². The van der Waals surface area contributed by atoms with Gasteiger partial charge in [0.25, 0.3) is 5.91 Å². The summed E-state index contributed by atoms with van der Waals surface area (Å²) in [4.78, 5) is 16.7.